The SMILES string of the molecule is [SiH3]CC1=CCC(c2ccccc2)=C1. The Balaban J connectivity index is 2.23. The van der Waals surface area contributed by atoms with E-state index in [2.05, 4.69) is 42.5 Å². The van der Waals surface area contributed by atoms with Crippen molar-refractivity contribution in [2.75, 3.05) is 0 Å². The topological polar surface area (TPSA) is 0 Å². The van der Waals surface area contributed by atoms with Gasteiger partial charge in [0.15, 0.2) is 0 Å². The van der Waals surface area contributed by atoms with Crippen LogP contribution >= 0.6 is 0 Å². The van der Waals surface area contributed by atoms with E-state index in [1.165, 1.54) is 33.0 Å². The first-order valence-corrected chi connectivity index (χ1v) is 6.26. The molecule has 0 radical (unpaired) electrons. The Morgan fingerprint density at radius 2 is 1.92 bits per heavy atom. The standard InChI is InChI=1S/C12H14Si/c13-9-10-6-7-12(8-10)11-4-2-1-3-5-11/h1-6,8H,7,9H2,13H3. The summed E-state index contributed by atoms with van der Waals surface area (Å²) in [4.78, 5) is 0. The predicted molar refractivity (Wildman–Crippen MR) is 61.9 cm³/mol. The summed E-state index contributed by atoms with van der Waals surface area (Å²) in [6.07, 6.45) is 5.83. The number of allylic oxidation sites excluding steroid dienone is 4. The van der Waals surface area contributed by atoms with E-state index in [-0.39, 0.29) is 0 Å². The van der Waals surface area contributed by atoms with Crippen molar-refractivity contribution in [1.82, 2.24) is 0 Å². The average molecular weight is 186 g/mol. The lowest BCUT2D eigenvalue weighted by atomic mass is 10.1. The van der Waals surface area contributed by atoms with Gasteiger partial charge in [0.2, 0.25) is 0 Å². The fourth-order valence-electron chi connectivity index (χ4n) is 1.68. The smallest absolute Gasteiger partial charge is 0.00831 e. The highest BCUT2D eigenvalue weighted by Gasteiger charge is 2.06. The van der Waals surface area contributed by atoms with Gasteiger partial charge in [0.25, 0.3) is 0 Å². The quantitative estimate of drug-likeness (QED) is 0.621. The maximum atomic E-state index is 2.36. The lowest BCUT2D eigenvalue weighted by Gasteiger charge is -1.99. The van der Waals surface area contributed by atoms with Crippen LogP contribution in [0.1, 0.15) is 12.0 Å². The second-order valence-corrected chi connectivity index (χ2v) is 4.08. The van der Waals surface area contributed by atoms with Crippen molar-refractivity contribution in [1.29, 1.82) is 0 Å². The zero-order valence-corrected chi connectivity index (χ0v) is 9.96. The van der Waals surface area contributed by atoms with Crippen molar-refractivity contribution in [2.24, 2.45) is 0 Å². The maximum absolute atomic E-state index is 2.36. The second kappa shape index (κ2) is 3.75. The molecule has 0 spiro atoms. The molecule has 0 unspecified atom stereocenters. The van der Waals surface area contributed by atoms with E-state index in [1.807, 2.05) is 0 Å². The molecule has 0 amide bonds. The molecule has 0 aliphatic heterocycles. The number of hydrogen-bond donors (Lipinski definition) is 0. The summed E-state index contributed by atoms with van der Waals surface area (Å²) in [5, 5.41) is 0. The van der Waals surface area contributed by atoms with Gasteiger partial charge in [-0.15, -0.1) is 0 Å². The molecule has 0 atom stereocenters. The molecule has 1 aromatic carbocycles. The van der Waals surface area contributed by atoms with E-state index in [0.29, 0.717) is 0 Å². The van der Waals surface area contributed by atoms with Gasteiger partial charge in [-0.25, -0.2) is 0 Å². The maximum Gasteiger partial charge on any atom is 0.00831 e. The molecule has 2 rings (SSSR count). The minimum Gasteiger partial charge on any atom is -0.0772 e. The summed E-state index contributed by atoms with van der Waals surface area (Å²) < 4.78 is 0. The minimum absolute atomic E-state index is 1.13. The van der Waals surface area contributed by atoms with Crippen LogP contribution in [0, 0.1) is 0 Å². The van der Waals surface area contributed by atoms with Gasteiger partial charge in [0.1, 0.15) is 0 Å². The minimum atomic E-state index is 1.13. The Morgan fingerprint density at radius 1 is 1.15 bits per heavy atom. The average Bonchev–Trinajstić information content (AvgIpc) is 2.67. The van der Waals surface area contributed by atoms with Gasteiger partial charge >= 0.3 is 0 Å². The molecule has 66 valence electrons. The van der Waals surface area contributed by atoms with Crippen molar-refractivity contribution in [2.45, 2.75) is 12.5 Å². The lowest BCUT2D eigenvalue weighted by Crippen LogP contribution is -1.78. The molecule has 1 aliphatic rings. The van der Waals surface area contributed by atoms with Crippen molar-refractivity contribution in [3.05, 3.63) is 53.6 Å². The van der Waals surface area contributed by atoms with E-state index < -0.39 is 0 Å². The highest BCUT2D eigenvalue weighted by Crippen LogP contribution is 2.27. The fraction of sp³-hybridized carbons (Fsp3) is 0.167. The van der Waals surface area contributed by atoms with E-state index in [9.17, 15) is 0 Å². The summed E-state index contributed by atoms with van der Waals surface area (Å²) in [5.74, 6) is 0. The van der Waals surface area contributed by atoms with E-state index >= 15 is 0 Å². The fourth-order valence-corrected chi connectivity index (χ4v) is 2.18. The van der Waals surface area contributed by atoms with Gasteiger partial charge in [-0.1, -0.05) is 48.1 Å². The van der Waals surface area contributed by atoms with E-state index in [4.69, 9.17) is 0 Å². The van der Waals surface area contributed by atoms with Crippen LogP contribution in [0.25, 0.3) is 5.57 Å². The highest BCUT2D eigenvalue weighted by atomic mass is 28.1. The number of hydrogen-bond acceptors (Lipinski definition) is 0. The molecule has 0 saturated heterocycles. The zero-order chi connectivity index (χ0) is 9.10. The molecule has 0 saturated carbocycles. The van der Waals surface area contributed by atoms with Crippen LogP contribution in [0.4, 0.5) is 0 Å². The van der Waals surface area contributed by atoms with Crippen LogP contribution in [0.2, 0.25) is 6.04 Å². The zero-order valence-electron chi connectivity index (χ0n) is 7.96. The summed E-state index contributed by atoms with van der Waals surface area (Å²) >= 11 is 0. The molecule has 1 aliphatic carbocycles. The normalized spacial score (nSPS) is 15.7. The van der Waals surface area contributed by atoms with Crippen LogP contribution in [0.5, 0.6) is 0 Å². The van der Waals surface area contributed by atoms with Crippen molar-refractivity contribution < 1.29 is 0 Å². The van der Waals surface area contributed by atoms with Gasteiger partial charge in [0.05, 0.1) is 0 Å². The summed E-state index contributed by atoms with van der Waals surface area (Å²) in [6.45, 7) is 0. The third-order valence-electron chi connectivity index (χ3n) is 2.50. The summed E-state index contributed by atoms with van der Waals surface area (Å²) in [7, 11) is 1.27. The molecule has 13 heavy (non-hydrogen) atoms. The number of rotatable bonds is 2. The monoisotopic (exact) mass is 186 g/mol. The summed E-state index contributed by atoms with van der Waals surface area (Å²) in [5.41, 5.74) is 4.39. The molecule has 0 nitrogen and oxygen atoms in total. The van der Waals surface area contributed by atoms with Crippen molar-refractivity contribution in [3.8, 4) is 0 Å². The summed E-state index contributed by atoms with van der Waals surface area (Å²) in [6, 6.07) is 11.9. The molecule has 0 heterocycles. The largest absolute Gasteiger partial charge is 0.0772 e. The Labute approximate surface area is 82.4 Å². The van der Waals surface area contributed by atoms with E-state index in [1.54, 1.807) is 0 Å². The van der Waals surface area contributed by atoms with Crippen LogP contribution in [0.15, 0.2) is 48.1 Å². The third kappa shape index (κ3) is 1.81. The number of benzene rings is 1. The molecule has 1 aromatic rings. The third-order valence-corrected chi connectivity index (χ3v) is 3.31. The van der Waals surface area contributed by atoms with Gasteiger partial charge in [0, 0.05) is 10.2 Å². The second-order valence-electron chi connectivity index (χ2n) is 3.37. The first-order chi connectivity index (χ1) is 6.40. The molecule has 0 aromatic heterocycles. The van der Waals surface area contributed by atoms with Crippen LogP contribution in [0.3, 0.4) is 0 Å². The van der Waals surface area contributed by atoms with Gasteiger partial charge in [-0.05, 0) is 23.6 Å². The van der Waals surface area contributed by atoms with Gasteiger partial charge in [-0.2, -0.15) is 0 Å². The van der Waals surface area contributed by atoms with E-state index in [0.717, 1.165) is 6.42 Å². The van der Waals surface area contributed by atoms with Crippen LogP contribution in [-0.2, 0) is 0 Å². The molecule has 0 fully saturated rings. The van der Waals surface area contributed by atoms with Gasteiger partial charge in [-0.3, -0.25) is 0 Å². The Hall–Kier alpha value is -1.08. The van der Waals surface area contributed by atoms with Crippen LogP contribution in [-0.4, -0.2) is 10.2 Å². The Kier molecular flexibility index (Phi) is 2.46. The highest BCUT2D eigenvalue weighted by molar-refractivity contribution is 6.10. The first kappa shape index (κ1) is 8.51. The molecule has 0 bridgehead atoms. The van der Waals surface area contributed by atoms with Crippen molar-refractivity contribution >= 4 is 15.8 Å². The first-order valence-electron chi connectivity index (χ1n) is 4.85. The molecule has 1 heteroatoms. The van der Waals surface area contributed by atoms with Crippen LogP contribution < -0.4 is 0 Å². The molecular weight excluding hydrogens is 172 g/mol. The van der Waals surface area contributed by atoms with Gasteiger partial charge < -0.3 is 0 Å². The Bertz CT molecular complexity index is 347. The molecule has 0 N–H and O–H groups in total. The Morgan fingerprint density at radius 3 is 2.54 bits per heavy atom. The molecular formula is C12H14Si. The van der Waals surface area contributed by atoms with Crippen molar-refractivity contribution in [3.63, 3.8) is 0 Å². The lowest BCUT2D eigenvalue weighted by molar-refractivity contribution is 1.41. The predicted octanol–water partition coefficient (Wildman–Crippen LogP) is 2.18.